The number of alkyl halides is 4. The third-order valence-corrected chi connectivity index (χ3v) is 1.54. The second-order valence-corrected chi connectivity index (χ2v) is 2.57. The van der Waals surface area contributed by atoms with Crippen LogP contribution in [0, 0.1) is 0 Å². The lowest BCUT2D eigenvalue weighted by molar-refractivity contribution is -0.230. The van der Waals surface area contributed by atoms with E-state index in [4.69, 9.17) is 0 Å². The summed E-state index contributed by atoms with van der Waals surface area (Å²) in [5, 5.41) is 0. The minimum atomic E-state index is -4.35. The molecule has 0 saturated carbocycles. The Hall–Kier alpha value is -1.07. The largest absolute Gasteiger partial charge is 0.456 e. The van der Waals surface area contributed by atoms with Crippen LogP contribution in [0.15, 0.2) is 12.7 Å². The van der Waals surface area contributed by atoms with Gasteiger partial charge in [-0.1, -0.05) is 13.5 Å². The topological polar surface area (TPSA) is 26.3 Å². The molecule has 0 aromatic rings. The molecule has 0 aromatic heterocycles. The fourth-order valence-electron chi connectivity index (χ4n) is 0.585. The van der Waals surface area contributed by atoms with E-state index in [1.807, 2.05) is 0 Å². The number of carbonyl (C=O) groups is 1. The molecule has 0 bridgehead atoms. The van der Waals surface area contributed by atoms with Crippen molar-refractivity contribution >= 4 is 5.97 Å². The van der Waals surface area contributed by atoms with Gasteiger partial charge in [0.25, 0.3) is 0 Å². The smallest absolute Gasteiger partial charge is 0.343 e. The molecule has 0 amide bonds. The fraction of sp³-hybridized carbons (Fsp3) is 0.625. The molecule has 0 saturated heterocycles. The van der Waals surface area contributed by atoms with E-state index >= 15 is 0 Å². The highest BCUT2D eigenvalue weighted by Crippen LogP contribution is 2.36. The number of halogens is 4. The van der Waals surface area contributed by atoms with Crippen LogP contribution in [0.5, 0.6) is 0 Å². The molecule has 0 atom stereocenters. The highest BCUT2D eigenvalue weighted by atomic mass is 19.3. The van der Waals surface area contributed by atoms with Crippen molar-refractivity contribution in [3.63, 3.8) is 0 Å². The van der Waals surface area contributed by atoms with Crippen molar-refractivity contribution in [3.05, 3.63) is 12.7 Å². The highest BCUT2D eigenvalue weighted by Gasteiger charge is 2.55. The molecule has 0 unspecified atom stereocenters. The van der Waals surface area contributed by atoms with Crippen LogP contribution in [-0.4, -0.2) is 24.4 Å². The molecule has 0 rings (SSSR count). The first kappa shape index (κ1) is 12.9. The maximum atomic E-state index is 12.6. The summed E-state index contributed by atoms with van der Waals surface area (Å²) in [6.07, 6.45) is -0.397. The van der Waals surface area contributed by atoms with E-state index in [9.17, 15) is 22.4 Å². The van der Waals surface area contributed by atoms with Gasteiger partial charge in [0.2, 0.25) is 0 Å². The Labute approximate surface area is 78.5 Å². The van der Waals surface area contributed by atoms with Crippen LogP contribution in [0.3, 0.4) is 0 Å². The molecule has 0 spiro atoms. The molecule has 82 valence electrons. The highest BCUT2D eigenvalue weighted by molar-refractivity contribution is 5.81. The maximum absolute atomic E-state index is 12.6. The Balaban J connectivity index is 4.34. The van der Waals surface area contributed by atoms with E-state index in [1.165, 1.54) is 0 Å². The second-order valence-electron chi connectivity index (χ2n) is 2.57. The van der Waals surface area contributed by atoms with Crippen LogP contribution in [0.1, 0.15) is 13.3 Å². The van der Waals surface area contributed by atoms with Gasteiger partial charge in [-0.2, -0.15) is 17.6 Å². The van der Waals surface area contributed by atoms with Gasteiger partial charge in [0.05, 0.1) is 0 Å². The molecule has 0 aliphatic heterocycles. The van der Waals surface area contributed by atoms with Gasteiger partial charge in [0, 0.05) is 12.5 Å². The van der Waals surface area contributed by atoms with Crippen molar-refractivity contribution in [2.75, 3.05) is 6.61 Å². The zero-order valence-electron chi connectivity index (χ0n) is 7.53. The Bertz CT molecular complexity index is 225. The van der Waals surface area contributed by atoms with Gasteiger partial charge in [0.1, 0.15) is 0 Å². The average molecular weight is 214 g/mol. The molecule has 0 fully saturated rings. The van der Waals surface area contributed by atoms with Crippen LogP contribution >= 0.6 is 0 Å². The molecule has 0 N–H and O–H groups in total. The Morgan fingerprint density at radius 1 is 1.36 bits per heavy atom. The van der Waals surface area contributed by atoms with Crippen LogP contribution < -0.4 is 0 Å². The minimum absolute atomic E-state index is 0.625. The van der Waals surface area contributed by atoms with Crippen molar-refractivity contribution in [1.29, 1.82) is 0 Å². The summed E-state index contributed by atoms with van der Waals surface area (Å²) in [7, 11) is 0. The quantitative estimate of drug-likeness (QED) is 0.399. The van der Waals surface area contributed by atoms with E-state index in [2.05, 4.69) is 11.3 Å². The number of ether oxygens (including phenoxy) is 1. The predicted molar refractivity (Wildman–Crippen MR) is 41.3 cm³/mol. The molecule has 0 aliphatic rings. The first-order chi connectivity index (χ1) is 6.27. The summed E-state index contributed by atoms with van der Waals surface area (Å²) >= 11 is 0. The molecule has 0 heterocycles. The number of hydrogen-bond acceptors (Lipinski definition) is 2. The summed E-state index contributed by atoms with van der Waals surface area (Å²) in [6.45, 7) is 2.22. The van der Waals surface area contributed by atoms with Gasteiger partial charge in [-0.15, -0.1) is 0 Å². The van der Waals surface area contributed by atoms with E-state index in [-0.39, 0.29) is 0 Å². The number of carbonyl (C=O) groups excluding carboxylic acids is 1. The first-order valence-electron chi connectivity index (χ1n) is 3.81. The van der Waals surface area contributed by atoms with Crippen molar-refractivity contribution in [1.82, 2.24) is 0 Å². The Morgan fingerprint density at radius 2 is 1.86 bits per heavy atom. The maximum Gasteiger partial charge on any atom is 0.343 e. The SMILES string of the molecule is C=CC(=O)OCC(F)(F)C(F)(F)CC. The van der Waals surface area contributed by atoms with Crippen LogP contribution in [0.25, 0.3) is 0 Å². The monoisotopic (exact) mass is 214 g/mol. The normalized spacial score (nSPS) is 12.4. The Kier molecular flexibility index (Phi) is 4.09. The molecule has 0 radical (unpaired) electrons. The van der Waals surface area contributed by atoms with Gasteiger partial charge in [-0.3, -0.25) is 0 Å². The molecule has 2 nitrogen and oxygen atoms in total. The van der Waals surface area contributed by atoms with Crippen molar-refractivity contribution in [2.24, 2.45) is 0 Å². The van der Waals surface area contributed by atoms with Crippen molar-refractivity contribution in [3.8, 4) is 0 Å². The second kappa shape index (κ2) is 4.43. The molecular formula is C8H10F4O2. The first-order valence-corrected chi connectivity index (χ1v) is 3.81. The third kappa shape index (κ3) is 3.01. The summed E-state index contributed by atoms with van der Waals surface area (Å²) in [6, 6.07) is 0. The van der Waals surface area contributed by atoms with Gasteiger partial charge < -0.3 is 4.74 Å². The zero-order valence-corrected chi connectivity index (χ0v) is 7.53. The standard InChI is InChI=1S/C8H10F4O2/c1-3-6(13)14-5-8(11,12)7(9,10)4-2/h3H,1,4-5H2,2H3. The van der Waals surface area contributed by atoms with Crippen LogP contribution in [0.4, 0.5) is 17.6 Å². The summed E-state index contributed by atoms with van der Waals surface area (Å²) in [5.41, 5.74) is 0. The lowest BCUT2D eigenvalue weighted by atomic mass is 10.1. The van der Waals surface area contributed by atoms with Gasteiger partial charge in [-0.25, -0.2) is 4.79 Å². The average Bonchev–Trinajstić information content (AvgIpc) is 2.13. The third-order valence-electron chi connectivity index (χ3n) is 1.54. The van der Waals surface area contributed by atoms with E-state index in [1.54, 1.807) is 0 Å². The summed E-state index contributed by atoms with van der Waals surface area (Å²) < 4.78 is 54.2. The molecule has 0 aromatic carbocycles. The van der Waals surface area contributed by atoms with Gasteiger partial charge in [-0.05, 0) is 0 Å². The summed E-state index contributed by atoms with van der Waals surface area (Å²) in [5.74, 6) is -9.67. The van der Waals surface area contributed by atoms with Gasteiger partial charge in [0.15, 0.2) is 6.61 Å². The summed E-state index contributed by atoms with van der Waals surface area (Å²) in [4.78, 5) is 10.4. The zero-order chi connectivity index (χ0) is 11.4. The molecule has 6 heteroatoms. The lowest BCUT2D eigenvalue weighted by Crippen LogP contribution is -2.44. The number of esters is 1. The van der Waals surface area contributed by atoms with Crippen LogP contribution in [-0.2, 0) is 9.53 Å². The van der Waals surface area contributed by atoms with Crippen molar-refractivity contribution in [2.45, 2.75) is 25.2 Å². The van der Waals surface area contributed by atoms with E-state index in [0.717, 1.165) is 6.92 Å². The van der Waals surface area contributed by atoms with E-state index in [0.29, 0.717) is 6.08 Å². The predicted octanol–water partition coefficient (Wildman–Crippen LogP) is 2.40. The fourth-order valence-corrected chi connectivity index (χ4v) is 0.585. The molecule has 14 heavy (non-hydrogen) atoms. The van der Waals surface area contributed by atoms with Crippen molar-refractivity contribution < 1.29 is 27.1 Å². The number of hydrogen-bond donors (Lipinski definition) is 0. The minimum Gasteiger partial charge on any atom is -0.456 e. The lowest BCUT2D eigenvalue weighted by Gasteiger charge is -2.24. The number of rotatable bonds is 5. The van der Waals surface area contributed by atoms with Gasteiger partial charge >= 0.3 is 17.8 Å². The molecule has 0 aliphatic carbocycles. The van der Waals surface area contributed by atoms with E-state index < -0.39 is 30.8 Å². The van der Waals surface area contributed by atoms with Crippen LogP contribution in [0.2, 0.25) is 0 Å². The Morgan fingerprint density at radius 3 is 2.21 bits per heavy atom. The molecular weight excluding hydrogens is 204 g/mol.